The van der Waals surface area contributed by atoms with Crippen molar-refractivity contribution in [1.82, 2.24) is 24.3 Å². The highest BCUT2D eigenvalue weighted by Crippen LogP contribution is 2.37. The van der Waals surface area contributed by atoms with Gasteiger partial charge in [-0.05, 0) is 94.8 Å². The molecule has 0 spiro atoms. The number of nitrogens with zero attached hydrogens (tertiary/aromatic N) is 4. The molecular formula is C32H39N5O4. The zero-order valence-corrected chi connectivity index (χ0v) is 24.6. The molecule has 1 atom stereocenters. The average molecular weight is 558 g/mol. The molecule has 2 fully saturated rings. The van der Waals surface area contributed by atoms with Crippen LogP contribution in [0.4, 0.5) is 4.79 Å². The van der Waals surface area contributed by atoms with Crippen molar-refractivity contribution >= 4 is 33.9 Å². The van der Waals surface area contributed by atoms with Crippen molar-refractivity contribution in [2.24, 2.45) is 13.0 Å². The van der Waals surface area contributed by atoms with Gasteiger partial charge in [0.15, 0.2) is 5.82 Å². The number of carbonyl (C=O) groups excluding carboxylic acids is 2. The summed E-state index contributed by atoms with van der Waals surface area (Å²) >= 11 is 0. The normalized spacial score (nSPS) is 17.7. The maximum absolute atomic E-state index is 13.6. The first-order valence-corrected chi connectivity index (χ1v) is 14.5. The van der Waals surface area contributed by atoms with E-state index in [1.165, 1.54) is 18.4 Å². The topological polar surface area (TPSA) is 90.6 Å². The lowest BCUT2D eigenvalue weighted by Crippen LogP contribution is -2.50. The minimum absolute atomic E-state index is 0.0512. The van der Waals surface area contributed by atoms with Crippen LogP contribution in [-0.2, 0) is 18.3 Å². The molecule has 1 saturated carbocycles. The second-order valence-corrected chi connectivity index (χ2v) is 12.4. The molecule has 0 unspecified atom stereocenters. The van der Waals surface area contributed by atoms with Gasteiger partial charge in [-0.1, -0.05) is 0 Å². The fraction of sp³-hybridized carbons (Fsp3) is 0.469. The molecule has 0 radical (unpaired) electrons. The molecule has 9 nitrogen and oxygen atoms in total. The Morgan fingerprint density at radius 2 is 1.83 bits per heavy atom. The lowest BCUT2D eigenvalue weighted by Gasteiger charge is -2.33. The van der Waals surface area contributed by atoms with E-state index in [9.17, 15) is 9.59 Å². The number of aromatic nitrogens is 3. The molecule has 3 heterocycles. The van der Waals surface area contributed by atoms with E-state index in [0.29, 0.717) is 24.6 Å². The van der Waals surface area contributed by atoms with Crippen LogP contribution in [0.15, 0.2) is 42.5 Å². The number of alkyl carbamates (subject to hydrolysis) is 1. The van der Waals surface area contributed by atoms with Gasteiger partial charge >= 0.3 is 6.09 Å². The Kier molecular flexibility index (Phi) is 6.91. The minimum atomic E-state index is -0.565. The van der Waals surface area contributed by atoms with Crippen LogP contribution in [0.25, 0.3) is 33.5 Å². The Bertz CT molecular complexity index is 1620. The van der Waals surface area contributed by atoms with Crippen LogP contribution in [0, 0.1) is 5.92 Å². The number of benzene rings is 2. The number of hydrogen-bond donors (Lipinski definition) is 1. The quantitative estimate of drug-likeness (QED) is 0.326. The predicted molar refractivity (Wildman–Crippen MR) is 159 cm³/mol. The largest absolute Gasteiger partial charge is 0.497 e. The monoisotopic (exact) mass is 557 g/mol. The van der Waals surface area contributed by atoms with Crippen LogP contribution in [0.3, 0.4) is 0 Å². The van der Waals surface area contributed by atoms with Gasteiger partial charge in [0, 0.05) is 49.2 Å². The summed E-state index contributed by atoms with van der Waals surface area (Å²) in [6.45, 7) is 7.59. The van der Waals surface area contributed by atoms with E-state index in [-0.39, 0.29) is 11.9 Å². The van der Waals surface area contributed by atoms with Crippen LogP contribution in [0.5, 0.6) is 5.75 Å². The lowest BCUT2D eigenvalue weighted by atomic mass is 10.0. The zero-order chi connectivity index (χ0) is 28.9. The van der Waals surface area contributed by atoms with Crippen LogP contribution < -0.4 is 10.1 Å². The Balaban J connectivity index is 1.27. The smallest absolute Gasteiger partial charge is 0.407 e. The van der Waals surface area contributed by atoms with Gasteiger partial charge in [-0.3, -0.25) is 4.79 Å². The van der Waals surface area contributed by atoms with Crippen LogP contribution in [-0.4, -0.2) is 62.9 Å². The summed E-state index contributed by atoms with van der Waals surface area (Å²) in [6.07, 6.45) is 3.70. The summed E-state index contributed by atoms with van der Waals surface area (Å²) in [5, 5.41) is 4.06. The summed E-state index contributed by atoms with van der Waals surface area (Å²) < 4.78 is 15.4. The molecule has 216 valence electrons. The molecule has 1 N–H and O–H groups in total. The number of piperidine rings is 1. The summed E-state index contributed by atoms with van der Waals surface area (Å²) in [7, 11) is 3.72. The van der Waals surface area contributed by atoms with Gasteiger partial charge < -0.3 is 28.8 Å². The number of ether oxygens (including phenoxy) is 2. The Hall–Kier alpha value is -4.01. The van der Waals surface area contributed by atoms with E-state index in [1.807, 2.05) is 57.0 Å². The third kappa shape index (κ3) is 5.62. The molecule has 6 rings (SSSR count). The van der Waals surface area contributed by atoms with Crippen LogP contribution in [0.1, 0.15) is 56.8 Å². The second-order valence-electron chi connectivity index (χ2n) is 12.4. The predicted octanol–water partition coefficient (Wildman–Crippen LogP) is 5.74. The third-order valence-corrected chi connectivity index (χ3v) is 8.03. The molecular weight excluding hydrogens is 518 g/mol. The number of rotatable bonds is 6. The molecule has 1 saturated heterocycles. The molecule has 41 heavy (non-hydrogen) atoms. The number of aryl methyl sites for hydroxylation is 1. The highest BCUT2D eigenvalue weighted by atomic mass is 16.6. The number of likely N-dealkylation sites (tertiary alicyclic amines) is 1. The van der Waals surface area contributed by atoms with E-state index < -0.39 is 11.7 Å². The first kappa shape index (κ1) is 27.2. The number of fused-ring (bicyclic) bond motifs is 2. The SMILES string of the molecule is COc1ccc2c(c1)cc(-c1nc3cc(C(=O)N4CCC[C@@H](NC(=O)OC(C)(C)C)C4)ccc3n1C)n2CC1CC1. The van der Waals surface area contributed by atoms with Gasteiger partial charge in [0.25, 0.3) is 5.91 Å². The van der Waals surface area contributed by atoms with E-state index in [2.05, 4.69) is 32.7 Å². The van der Waals surface area contributed by atoms with Gasteiger partial charge in [-0.25, -0.2) is 9.78 Å². The summed E-state index contributed by atoms with van der Waals surface area (Å²) in [4.78, 5) is 32.7. The highest BCUT2D eigenvalue weighted by Gasteiger charge is 2.29. The van der Waals surface area contributed by atoms with E-state index in [1.54, 1.807) is 7.11 Å². The van der Waals surface area contributed by atoms with Crippen molar-refractivity contribution in [3.63, 3.8) is 0 Å². The Labute approximate surface area is 240 Å². The molecule has 9 heteroatoms. The molecule has 2 aromatic heterocycles. The first-order chi connectivity index (χ1) is 19.6. The minimum Gasteiger partial charge on any atom is -0.497 e. The van der Waals surface area contributed by atoms with E-state index in [4.69, 9.17) is 14.5 Å². The Morgan fingerprint density at radius 3 is 2.56 bits per heavy atom. The fourth-order valence-corrected chi connectivity index (χ4v) is 5.81. The standard InChI is InChI=1S/C32H39N5O4/c1-32(2,3)41-31(39)33-23-7-6-14-36(19-23)30(38)21-10-12-27-25(16-21)34-29(35(27)4)28-17-22-15-24(40-5)11-13-26(22)37(28)18-20-8-9-20/h10-13,15-17,20,23H,6-9,14,18-19H2,1-5H3,(H,33,39)/t23-/m1/s1. The lowest BCUT2D eigenvalue weighted by molar-refractivity contribution is 0.0452. The van der Waals surface area contributed by atoms with E-state index >= 15 is 0 Å². The average Bonchev–Trinajstić information content (AvgIpc) is 3.61. The number of hydrogen-bond acceptors (Lipinski definition) is 5. The van der Waals surface area contributed by atoms with Crippen molar-refractivity contribution in [2.75, 3.05) is 20.2 Å². The maximum atomic E-state index is 13.6. The highest BCUT2D eigenvalue weighted by molar-refractivity contribution is 5.98. The fourth-order valence-electron chi connectivity index (χ4n) is 5.81. The zero-order valence-electron chi connectivity index (χ0n) is 24.6. The number of carbonyl (C=O) groups is 2. The molecule has 1 aliphatic heterocycles. The summed E-state index contributed by atoms with van der Waals surface area (Å²) in [5.74, 6) is 2.36. The second kappa shape index (κ2) is 10.4. The third-order valence-electron chi connectivity index (χ3n) is 8.03. The molecule has 2 aromatic carbocycles. The molecule has 2 amide bonds. The van der Waals surface area contributed by atoms with Gasteiger partial charge in [-0.15, -0.1) is 0 Å². The van der Waals surface area contributed by atoms with Crippen molar-refractivity contribution < 1.29 is 19.1 Å². The molecule has 0 bridgehead atoms. The number of imidazole rings is 1. The van der Waals surface area contributed by atoms with Crippen LogP contribution >= 0.6 is 0 Å². The molecule has 2 aliphatic rings. The van der Waals surface area contributed by atoms with Crippen molar-refractivity contribution in [3.8, 4) is 17.3 Å². The number of amides is 2. The number of nitrogens with one attached hydrogen (secondary N) is 1. The number of methoxy groups -OCH3 is 1. The van der Waals surface area contributed by atoms with Gasteiger partial charge in [0.05, 0.1) is 23.8 Å². The van der Waals surface area contributed by atoms with Crippen LogP contribution in [0.2, 0.25) is 0 Å². The van der Waals surface area contributed by atoms with Crippen molar-refractivity contribution in [3.05, 3.63) is 48.0 Å². The van der Waals surface area contributed by atoms with Crippen molar-refractivity contribution in [2.45, 2.75) is 64.6 Å². The summed E-state index contributed by atoms with van der Waals surface area (Å²) in [6, 6.07) is 14.0. The van der Waals surface area contributed by atoms with E-state index in [0.717, 1.165) is 53.1 Å². The molecule has 4 aromatic rings. The van der Waals surface area contributed by atoms with Gasteiger partial charge in [0.1, 0.15) is 11.4 Å². The summed E-state index contributed by atoms with van der Waals surface area (Å²) in [5.41, 5.74) is 4.04. The van der Waals surface area contributed by atoms with Crippen molar-refractivity contribution in [1.29, 1.82) is 0 Å². The van der Waals surface area contributed by atoms with Gasteiger partial charge in [0.2, 0.25) is 0 Å². The maximum Gasteiger partial charge on any atom is 0.407 e. The molecule has 1 aliphatic carbocycles. The van der Waals surface area contributed by atoms with Gasteiger partial charge in [-0.2, -0.15) is 0 Å². The first-order valence-electron chi connectivity index (χ1n) is 14.5. The Morgan fingerprint density at radius 1 is 1.05 bits per heavy atom.